The quantitative estimate of drug-likeness (QED) is 0.907. The molecule has 1 N–H and O–H groups in total. The highest BCUT2D eigenvalue weighted by Gasteiger charge is 2.29. The summed E-state index contributed by atoms with van der Waals surface area (Å²) in [6.45, 7) is 2.09. The van der Waals surface area contributed by atoms with E-state index < -0.39 is 0 Å². The van der Waals surface area contributed by atoms with Crippen molar-refractivity contribution in [2.24, 2.45) is 13.0 Å². The molecule has 20 heavy (non-hydrogen) atoms. The number of hydrogen-bond acceptors (Lipinski definition) is 1. The molecular weight excluding hydrogens is 248 g/mol. The summed E-state index contributed by atoms with van der Waals surface area (Å²) in [7, 11) is 1.94. The van der Waals surface area contributed by atoms with E-state index in [4.69, 9.17) is 0 Å². The summed E-state index contributed by atoms with van der Waals surface area (Å²) in [5, 5.41) is 3.10. The molecule has 104 valence electrons. The van der Waals surface area contributed by atoms with E-state index in [1.54, 1.807) is 0 Å². The van der Waals surface area contributed by atoms with E-state index in [9.17, 15) is 4.79 Å². The van der Waals surface area contributed by atoms with Crippen molar-refractivity contribution in [3.8, 4) is 11.3 Å². The highest BCUT2D eigenvalue weighted by molar-refractivity contribution is 5.94. The maximum Gasteiger partial charge on any atom is 0.268 e. The zero-order valence-electron chi connectivity index (χ0n) is 12.0. The number of amides is 1. The number of carbonyl (C=O) groups is 1. The molecule has 3 rings (SSSR count). The fourth-order valence-electron chi connectivity index (χ4n) is 2.63. The summed E-state index contributed by atoms with van der Waals surface area (Å²) >= 11 is 0. The SMILES string of the molecule is CC(NC(=O)c1ccc(-c2ccccc2)n1C)C1CC1. The average molecular weight is 268 g/mol. The molecule has 0 radical (unpaired) electrons. The largest absolute Gasteiger partial charge is 0.348 e. The second-order valence-corrected chi connectivity index (χ2v) is 5.63. The van der Waals surface area contributed by atoms with Crippen molar-refractivity contribution in [2.45, 2.75) is 25.8 Å². The van der Waals surface area contributed by atoms with E-state index in [0.29, 0.717) is 5.92 Å². The Morgan fingerprint density at radius 3 is 2.55 bits per heavy atom. The third kappa shape index (κ3) is 2.48. The smallest absolute Gasteiger partial charge is 0.268 e. The van der Waals surface area contributed by atoms with Gasteiger partial charge in [0.25, 0.3) is 5.91 Å². The molecule has 0 saturated heterocycles. The van der Waals surface area contributed by atoms with Crippen molar-refractivity contribution in [2.75, 3.05) is 0 Å². The minimum atomic E-state index is 0.0223. The summed E-state index contributed by atoms with van der Waals surface area (Å²) < 4.78 is 1.96. The second kappa shape index (κ2) is 5.16. The predicted octanol–water partition coefficient (Wildman–Crippen LogP) is 3.22. The van der Waals surface area contributed by atoms with Gasteiger partial charge in [-0.15, -0.1) is 0 Å². The number of rotatable bonds is 4. The van der Waals surface area contributed by atoms with Gasteiger partial charge in [-0.05, 0) is 43.4 Å². The standard InChI is InChI=1S/C17H20N2O/c1-12(13-8-9-13)18-17(20)16-11-10-15(19(16)2)14-6-4-3-5-7-14/h3-7,10-13H,8-9H2,1-2H3,(H,18,20). The first-order valence-electron chi connectivity index (χ1n) is 7.19. The predicted molar refractivity (Wildman–Crippen MR) is 80.5 cm³/mol. The highest BCUT2D eigenvalue weighted by Crippen LogP contribution is 2.32. The average Bonchev–Trinajstić information content (AvgIpc) is 3.23. The summed E-state index contributed by atoms with van der Waals surface area (Å²) in [4.78, 5) is 12.3. The summed E-state index contributed by atoms with van der Waals surface area (Å²) in [6, 6.07) is 14.3. The molecule has 3 nitrogen and oxygen atoms in total. The van der Waals surface area contributed by atoms with E-state index >= 15 is 0 Å². The molecule has 3 heteroatoms. The molecular formula is C17H20N2O. The van der Waals surface area contributed by atoms with Crippen molar-refractivity contribution in [1.29, 1.82) is 0 Å². The Hall–Kier alpha value is -2.03. The molecule has 1 aromatic heterocycles. The maximum absolute atomic E-state index is 12.3. The summed E-state index contributed by atoms with van der Waals surface area (Å²) in [5.74, 6) is 0.696. The zero-order valence-corrected chi connectivity index (χ0v) is 12.0. The lowest BCUT2D eigenvalue weighted by Gasteiger charge is -2.14. The summed E-state index contributed by atoms with van der Waals surface area (Å²) in [5.41, 5.74) is 2.91. The Morgan fingerprint density at radius 1 is 1.20 bits per heavy atom. The third-order valence-corrected chi connectivity index (χ3v) is 4.11. The van der Waals surface area contributed by atoms with Crippen LogP contribution in [0.5, 0.6) is 0 Å². The number of benzene rings is 1. The first kappa shape index (κ1) is 13.0. The van der Waals surface area contributed by atoms with Crippen molar-refractivity contribution >= 4 is 5.91 Å². The van der Waals surface area contributed by atoms with Crippen LogP contribution in [0.15, 0.2) is 42.5 Å². The van der Waals surface area contributed by atoms with Crippen LogP contribution in [-0.2, 0) is 7.05 Å². The van der Waals surface area contributed by atoms with Crippen LogP contribution in [0, 0.1) is 5.92 Å². The van der Waals surface area contributed by atoms with Gasteiger partial charge in [-0.2, -0.15) is 0 Å². The highest BCUT2D eigenvalue weighted by atomic mass is 16.2. The Morgan fingerprint density at radius 2 is 1.90 bits per heavy atom. The van der Waals surface area contributed by atoms with Gasteiger partial charge in [-0.25, -0.2) is 0 Å². The van der Waals surface area contributed by atoms with Crippen molar-refractivity contribution in [1.82, 2.24) is 9.88 Å². The van der Waals surface area contributed by atoms with Crippen molar-refractivity contribution in [3.05, 3.63) is 48.2 Å². The fraction of sp³-hybridized carbons (Fsp3) is 0.353. The lowest BCUT2D eigenvalue weighted by atomic mass is 10.2. The van der Waals surface area contributed by atoms with E-state index in [2.05, 4.69) is 24.4 Å². The second-order valence-electron chi connectivity index (χ2n) is 5.63. The molecule has 0 bridgehead atoms. The van der Waals surface area contributed by atoms with Crippen molar-refractivity contribution < 1.29 is 4.79 Å². The molecule has 1 aromatic carbocycles. The zero-order chi connectivity index (χ0) is 14.1. The van der Waals surface area contributed by atoms with Gasteiger partial charge in [0.15, 0.2) is 0 Å². The molecule has 1 fully saturated rings. The number of nitrogens with zero attached hydrogens (tertiary/aromatic N) is 1. The van der Waals surface area contributed by atoms with Crippen molar-refractivity contribution in [3.63, 3.8) is 0 Å². The number of nitrogens with one attached hydrogen (secondary N) is 1. The van der Waals surface area contributed by atoms with Crippen LogP contribution in [-0.4, -0.2) is 16.5 Å². The van der Waals surface area contributed by atoms with Gasteiger partial charge in [0.05, 0.1) is 0 Å². The molecule has 1 amide bonds. The molecule has 1 saturated carbocycles. The Labute approximate surface area is 119 Å². The van der Waals surface area contributed by atoms with Gasteiger partial charge in [0.1, 0.15) is 5.69 Å². The fourth-order valence-corrected chi connectivity index (χ4v) is 2.63. The maximum atomic E-state index is 12.3. The topological polar surface area (TPSA) is 34.0 Å². The summed E-state index contributed by atoms with van der Waals surface area (Å²) in [6.07, 6.45) is 2.48. The van der Waals surface area contributed by atoms with Gasteiger partial charge >= 0.3 is 0 Å². The van der Waals surface area contributed by atoms with Gasteiger partial charge in [0, 0.05) is 18.8 Å². The minimum absolute atomic E-state index is 0.0223. The molecule has 1 atom stereocenters. The molecule has 0 spiro atoms. The number of carbonyl (C=O) groups excluding carboxylic acids is 1. The van der Waals surface area contributed by atoms with Crippen LogP contribution in [0.3, 0.4) is 0 Å². The lowest BCUT2D eigenvalue weighted by molar-refractivity contribution is 0.0928. The first-order chi connectivity index (χ1) is 9.66. The molecule has 1 aliphatic rings. The van der Waals surface area contributed by atoms with Crippen LogP contribution >= 0.6 is 0 Å². The van der Waals surface area contributed by atoms with E-state index in [-0.39, 0.29) is 11.9 Å². The Kier molecular flexibility index (Phi) is 3.35. The molecule has 1 unspecified atom stereocenters. The van der Waals surface area contributed by atoms with Gasteiger partial charge in [0.2, 0.25) is 0 Å². The molecule has 1 aliphatic carbocycles. The van der Waals surface area contributed by atoms with Crippen LogP contribution in [0.25, 0.3) is 11.3 Å². The first-order valence-corrected chi connectivity index (χ1v) is 7.19. The lowest BCUT2D eigenvalue weighted by Crippen LogP contribution is -2.35. The van der Waals surface area contributed by atoms with E-state index in [1.165, 1.54) is 12.8 Å². The van der Waals surface area contributed by atoms with E-state index in [1.807, 2.05) is 41.9 Å². The van der Waals surface area contributed by atoms with E-state index in [0.717, 1.165) is 17.0 Å². The normalized spacial score (nSPS) is 15.9. The van der Waals surface area contributed by atoms with Gasteiger partial charge in [-0.3, -0.25) is 4.79 Å². The molecule has 0 aliphatic heterocycles. The monoisotopic (exact) mass is 268 g/mol. The van der Waals surface area contributed by atoms with Crippen LogP contribution in [0.2, 0.25) is 0 Å². The van der Waals surface area contributed by atoms with Crippen LogP contribution in [0.4, 0.5) is 0 Å². The third-order valence-electron chi connectivity index (χ3n) is 4.11. The van der Waals surface area contributed by atoms with Crippen LogP contribution in [0.1, 0.15) is 30.3 Å². The number of hydrogen-bond donors (Lipinski definition) is 1. The van der Waals surface area contributed by atoms with Crippen LogP contribution < -0.4 is 5.32 Å². The Bertz CT molecular complexity index is 611. The minimum Gasteiger partial charge on any atom is -0.348 e. The van der Waals surface area contributed by atoms with Gasteiger partial charge < -0.3 is 9.88 Å². The molecule has 1 heterocycles. The Balaban J connectivity index is 1.81. The van der Waals surface area contributed by atoms with Gasteiger partial charge in [-0.1, -0.05) is 30.3 Å². The molecule has 2 aromatic rings. The number of aromatic nitrogens is 1.